The van der Waals surface area contributed by atoms with Gasteiger partial charge in [-0.05, 0) is 12.8 Å². The van der Waals surface area contributed by atoms with E-state index in [1.807, 2.05) is 0 Å². The molecule has 4 N–H and O–H groups in total. The minimum Gasteiger partial charge on any atom is -0.479 e. The maximum absolute atomic E-state index is 10.6. The molecule has 0 saturated carbocycles. The third-order valence-electron chi connectivity index (χ3n) is 2.71. The Morgan fingerprint density at radius 2 is 2.08 bits per heavy atom. The second-order valence-corrected chi connectivity index (χ2v) is 3.42. The predicted octanol–water partition coefficient (Wildman–Crippen LogP) is -0.813. The Hall–Kier alpha value is -0.650. The summed E-state index contributed by atoms with van der Waals surface area (Å²) in [6.45, 7) is 1.13. The molecule has 1 atom stereocenters. The van der Waals surface area contributed by atoms with Crippen molar-refractivity contribution in [3.05, 3.63) is 0 Å². The van der Waals surface area contributed by atoms with E-state index in [0.29, 0.717) is 26.1 Å². The molecule has 1 heterocycles. The van der Waals surface area contributed by atoms with E-state index in [-0.39, 0.29) is 6.54 Å². The van der Waals surface area contributed by atoms with Crippen molar-refractivity contribution >= 4 is 5.97 Å². The minimum atomic E-state index is -1.37. The predicted molar refractivity (Wildman–Crippen MR) is 45.2 cm³/mol. The first-order valence-electron chi connectivity index (χ1n) is 4.31. The Morgan fingerprint density at radius 1 is 1.54 bits per heavy atom. The third-order valence-corrected chi connectivity index (χ3v) is 2.71. The highest BCUT2D eigenvalue weighted by molar-refractivity contribution is 5.73. The number of carboxylic acids is 1. The quantitative estimate of drug-likeness (QED) is 0.539. The molecular formula is C8H15NO4. The number of rotatable bonds is 3. The summed E-state index contributed by atoms with van der Waals surface area (Å²) in [5.41, 5.74) is 4.81. The van der Waals surface area contributed by atoms with Gasteiger partial charge in [0.05, 0.1) is 0 Å². The van der Waals surface area contributed by atoms with Crippen molar-refractivity contribution in [3.63, 3.8) is 0 Å². The molecule has 1 fully saturated rings. The van der Waals surface area contributed by atoms with Crippen molar-refractivity contribution in [2.24, 2.45) is 11.1 Å². The second kappa shape index (κ2) is 4.04. The van der Waals surface area contributed by atoms with Crippen molar-refractivity contribution in [3.8, 4) is 0 Å². The largest absolute Gasteiger partial charge is 0.479 e. The minimum absolute atomic E-state index is 0.184. The normalized spacial score (nSPS) is 23.8. The van der Waals surface area contributed by atoms with E-state index in [4.69, 9.17) is 15.6 Å². The molecule has 0 aliphatic carbocycles. The number of nitrogens with two attached hydrogens (primary N) is 1. The standard InChI is InChI=1S/C8H15NO4/c9-5-8(6(10)7(11)12)1-3-13-4-2-8/h6,10H,1-5,9H2,(H,11,12). The van der Waals surface area contributed by atoms with Crippen LogP contribution in [0.25, 0.3) is 0 Å². The summed E-state index contributed by atoms with van der Waals surface area (Å²) in [6, 6.07) is 0. The monoisotopic (exact) mass is 189 g/mol. The van der Waals surface area contributed by atoms with E-state index in [1.165, 1.54) is 0 Å². The first-order valence-corrected chi connectivity index (χ1v) is 4.31. The second-order valence-electron chi connectivity index (χ2n) is 3.42. The van der Waals surface area contributed by atoms with E-state index in [2.05, 4.69) is 0 Å². The van der Waals surface area contributed by atoms with Gasteiger partial charge in [0.15, 0.2) is 6.10 Å². The van der Waals surface area contributed by atoms with Gasteiger partial charge in [-0.2, -0.15) is 0 Å². The molecule has 1 saturated heterocycles. The molecule has 0 aromatic carbocycles. The van der Waals surface area contributed by atoms with Crippen LogP contribution in [0.3, 0.4) is 0 Å². The van der Waals surface area contributed by atoms with Crippen molar-refractivity contribution in [1.29, 1.82) is 0 Å². The summed E-state index contributed by atoms with van der Waals surface area (Å²) in [7, 11) is 0. The van der Waals surface area contributed by atoms with Crippen LogP contribution in [0.4, 0.5) is 0 Å². The van der Waals surface area contributed by atoms with Crippen LogP contribution in [0.15, 0.2) is 0 Å². The molecule has 0 amide bonds. The van der Waals surface area contributed by atoms with Crippen LogP contribution in [0.2, 0.25) is 0 Å². The smallest absolute Gasteiger partial charge is 0.333 e. The van der Waals surface area contributed by atoms with Gasteiger partial charge in [-0.15, -0.1) is 0 Å². The SMILES string of the molecule is NCC1(C(O)C(=O)O)CCOCC1. The lowest BCUT2D eigenvalue weighted by Gasteiger charge is -2.37. The Labute approximate surface area is 76.5 Å². The maximum atomic E-state index is 10.6. The molecule has 1 rings (SSSR count). The van der Waals surface area contributed by atoms with Crippen LogP contribution in [-0.2, 0) is 9.53 Å². The molecule has 5 heteroatoms. The highest BCUT2D eigenvalue weighted by atomic mass is 16.5. The number of aliphatic hydroxyl groups excluding tert-OH is 1. The van der Waals surface area contributed by atoms with Gasteiger partial charge in [0.25, 0.3) is 0 Å². The summed E-state index contributed by atoms with van der Waals surface area (Å²) in [5, 5.41) is 18.2. The van der Waals surface area contributed by atoms with Crippen molar-refractivity contribution in [1.82, 2.24) is 0 Å². The summed E-state index contributed by atoms with van der Waals surface area (Å²) in [6.07, 6.45) is -0.352. The molecular weight excluding hydrogens is 174 g/mol. The average Bonchev–Trinajstić information content (AvgIpc) is 2.17. The van der Waals surface area contributed by atoms with E-state index in [0.717, 1.165) is 0 Å². The van der Waals surface area contributed by atoms with Crippen molar-refractivity contribution in [2.75, 3.05) is 19.8 Å². The van der Waals surface area contributed by atoms with E-state index < -0.39 is 17.5 Å². The zero-order chi connectivity index (χ0) is 9.90. The lowest BCUT2D eigenvalue weighted by molar-refractivity contribution is -0.159. The van der Waals surface area contributed by atoms with Gasteiger partial charge in [0, 0.05) is 25.2 Å². The fraction of sp³-hybridized carbons (Fsp3) is 0.875. The highest BCUT2D eigenvalue weighted by Gasteiger charge is 2.42. The van der Waals surface area contributed by atoms with Crippen LogP contribution >= 0.6 is 0 Å². The fourth-order valence-corrected chi connectivity index (χ4v) is 1.63. The number of hydrogen-bond donors (Lipinski definition) is 3. The van der Waals surface area contributed by atoms with E-state index in [1.54, 1.807) is 0 Å². The van der Waals surface area contributed by atoms with Crippen LogP contribution in [0.1, 0.15) is 12.8 Å². The van der Waals surface area contributed by atoms with Gasteiger partial charge in [0.1, 0.15) is 0 Å². The molecule has 0 aromatic heterocycles. The molecule has 1 unspecified atom stereocenters. The summed E-state index contributed by atoms with van der Waals surface area (Å²) < 4.78 is 5.10. The molecule has 0 bridgehead atoms. The molecule has 0 aromatic rings. The Balaban J connectivity index is 2.72. The lowest BCUT2D eigenvalue weighted by atomic mass is 9.75. The molecule has 5 nitrogen and oxygen atoms in total. The summed E-state index contributed by atoms with van der Waals surface area (Å²) >= 11 is 0. The number of aliphatic hydroxyl groups is 1. The van der Waals surface area contributed by atoms with Crippen LogP contribution in [-0.4, -0.2) is 42.0 Å². The zero-order valence-electron chi connectivity index (χ0n) is 7.40. The Morgan fingerprint density at radius 3 is 2.46 bits per heavy atom. The van der Waals surface area contributed by atoms with E-state index >= 15 is 0 Å². The van der Waals surface area contributed by atoms with Gasteiger partial charge in [-0.3, -0.25) is 0 Å². The van der Waals surface area contributed by atoms with Crippen molar-refractivity contribution < 1.29 is 19.7 Å². The van der Waals surface area contributed by atoms with E-state index in [9.17, 15) is 9.90 Å². The first-order chi connectivity index (χ1) is 6.12. The topological polar surface area (TPSA) is 92.8 Å². The average molecular weight is 189 g/mol. The molecule has 0 spiro atoms. The van der Waals surface area contributed by atoms with Gasteiger partial charge < -0.3 is 20.7 Å². The van der Waals surface area contributed by atoms with Crippen LogP contribution < -0.4 is 5.73 Å². The number of aliphatic carboxylic acids is 1. The number of carboxylic acid groups (broad SMARTS) is 1. The molecule has 0 radical (unpaired) electrons. The van der Waals surface area contributed by atoms with Crippen LogP contribution in [0.5, 0.6) is 0 Å². The summed E-state index contributed by atoms with van der Waals surface area (Å²) in [4.78, 5) is 10.6. The molecule has 1 aliphatic heterocycles. The summed E-state index contributed by atoms with van der Waals surface area (Å²) in [5.74, 6) is -1.20. The molecule has 13 heavy (non-hydrogen) atoms. The zero-order valence-corrected chi connectivity index (χ0v) is 7.40. The van der Waals surface area contributed by atoms with Crippen molar-refractivity contribution in [2.45, 2.75) is 18.9 Å². The lowest BCUT2D eigenvalue weighted by Crippen LogP contribution is -2.49. The maximum Gasteiger partial charge on any atom is 0.333 e. The van der Waals surface area contributed by atoms with Gasteiger partial charge >= 0.3 is 5.97 Å². The third kappa shape index (κ3) is 1.99. The number of ether oxygens (including phenoxy) is 1. The highest BCUT2D eigenvalue weighted by Crippen LogP contribution is 2.33. The molecule has 76 valence electrons. The number of carbonyl (C=O) groups is 1. The first kappa shape index (κ1) is 10.4. The number of hydrogen-bond acceptors (Lipinski definition) is 4. The van der Waals surface area contributed by atoms with Gasteiger partial charge in [-0.25, -0.2) is 4.79 Å². The van der Waals surface area contributed by atoms with Crippen LogP contribution in [0, 0.1) is 5.41 Å². The molecule has 1 aliphatic rings. The fourth-order valence-electron chi connectivity index (χ4n) is 1.63. The van der Waals surface area contributed by atoms with Gasteiger partial charge in [0.2, 0.25) is 0 Å². The Bertz CT molecular complexity index is 189. The Kier molecular flexibility index (Phi) is 3.24. The van der Waals surface area contributed by atoms with Gasteiger partial charge in [-0.1, -0.05) is 0 Å².